The van der Waals surface area contributed by atoms with Crippen molar-refractivity contribution < 1.29 is 8.78 Å². The van der Waals surface area contributed by atoms with E-state index in [1.165, 1.54) is 6.20 Å². The maximum atomic E-state index is 12.9. The smallest absolute Gasteiger partial charge is 0.250 e. The predicted molar refractivity (Wildman–Crippen MR) is 378 cm³/mol. The minimum absolute atomic E-state index is 0.170. The van der Waals surface area contributed by atoms with Gasteiger partial charge in [0, 0.05) is 12.8 Å². The number of aromatic nitrogens is 3. The third-order valence-electron chi connectivity index (χ3n) is 3.25. The Hall–Kier alpha value is 16.5. The summed E-state index contributed by atoms with van der Waals surface area (Å²) >= 11 is 40.1. The molecule has 0 radical (unpaired) electrons. The summed E-state index contributed by atoms with van der Waals surface area (Å²) in [6.45, 7) is 0. The zero-order chi connectivity index (χ0) is 28.9. The Balaban J connectivity index is 0.000000435. The predicted octanol–water partition coefficient (Wildman–Crippen LogP) is 22.0. The van der Waals surface area contributed by atoms with Gasteiger partial charge in [-0.3, -0.25) is 0 Å². The molecule has 240 valence electrons. The first-order valence-corrected chi connectivity index (χ1v) is 152. The number of hydrogen-bond donors (Lipinski definition) is 2. The maximum absolute atomic E-state index is 12.9. The first kappa shape index (κ1) is 51.5. The SMILES string of the molecule is II(I)I(I)I(I)I(I)I(I)I(I)I(I)I(I)I(I)I(I)I(I)I.NC1(c2cn[nH]n2)CCC(F)(F)C1. The molecular formula is C7H10F2I24N4. The Bertz CT molecular complexity index is 757. The number of halogens is 26. The number of nitrogens with one attached hydrogen (secondary N) is 1. The molecule has 0 spiro atoms. The normalized spacial score (nSPS) is 23.1. The first-order chi connectivity index (χ1) is 16.9. The molecule has 0 bridgehead atoms. The van der Waals surface area contributed by atoms with Crippen LogP contribution in [0.25, 0.3) is 0 Å². The van der Waals surface area contributed by atoms with Crippen LogP contribution in [-0.2, 0) is 5.54 Å². The molecule has 1 unspecified atom stereocenters. The number of aromatic amines is 1. The van der Waals surface area contributed by atoms with E-state index in [4.69, 9.17) is 5.73 Å². The molecule has 2 rings (SSSR count). The largest absolute Gasteiger partial charge is 0.320 e. The van der Waals surface area contributed by atoms with Gasteiger partial charge in [0.1, 0.15) is 5.69 Å². The van der Waals surface area contributed by atoms with Gasteiger partial charge in [-0.05, 0) is 6.42 Å². The van der Waals surface area contributed by atoms with Crippen molar-refractivity contribution in [3.63, 3.8) is 0 Å². The Morgan fingerprint density at radius 1 is 0.649 bits per heavy atom. The van der Waals surface area contributed by atoms with E-state index in [1.807, 2.05) is 0 Å². The van der Waals surface area contributed by atoms with E-state index in [9.17, 15) is 8.78 Å². The van der Waals surface area contributed by atoms with Crippen molar-refractivity contribution in [2.75, 3.05) is 0 Å². The van der Waals surface area contributed by atoms with Crippen LogP contribution in [0.2, 0.25) is 0 Å². The van der Waals surface area contributed by atoms with Crippen LogP contribution in [0.4, 0.5) is 8.78 Å². The third-order valence-corrected chi connectivity index (χ3v) is 1660. The molecule has 0 saturated heterocycles. The average Bonchev–Trinajstić information content (AvgIpc) is 3.48. The quantitative estimate of drug-likeness (QED) is 0.217. The van der Waals surface area contributed by atoms with Gasteiger partial charge in [-0.25, -0.2) is 8.78 Å². The van der Waals surface area contributed by atoms with Gasteiger partial charge in [0.2, 0.25) is 5.92 Å². The fraction of sp³-hybridized carbons (Fsp3) is 0.714. The topological polar surface area (TPSA) is 67.6 Å². The molecule has 1 aliphatic rings. The van der Waals surface area contributed by atoms with Gasteiger partial charge in [0.05, 0.1) is 11.7 Å². The van der Waals surface area contributed by atoms with Gasteiger partial charge in [-0.2, -0.15) is 15.4 Å². The van der Waals surface area contributed by atoms with Gasteiger partial charge in [-0.15, -0.1) is 0 Å². The van der Waals surface area contributed by atoms with Crippen molar-refractivity contribution in [2.45, 2.75) is 30.7 Å². The second-order valence-corrected chi connectivity index (χ2v) is 541. The molecule has 0 amide bonds. The van der Waals surface area contributed by atoms with Crippen LogP contribution < -0.4 is 5.73 Å². The first-order valence-electron chi connectivity index (χ1n) is 7.33. The van der Waals surface area contributed by atoms with Crippen molar-refractivity contribution in [1.82, 2.24) is 15.4 Å². The van der Waals surface area contributed by atoms with E-state index < -0.39 is 98.3 Å². The number of H-pyrrole nitrogens is 1. The van der Waals surface area contributed by atoms with Gasteiger partial charge < -0.3 is 5.73 Å². The summed E-state index contributed by atoms with van der Waals surface area (Å²) in [5, 5.41) is 9.67. The summed E-state index contributed by atoms with van der Waals surface area (Å²) in [6.07, 6.45) is 1.15. The number of rotatable bonds is 11. The van der Waals surface area contributed by atoms with Crippen LogP contribution in [0.3, 0.4) is 0 Å². The second-order valence-electron chi connectivity index (χ2n) is 5.33. The summed E-state index contributed by atoms with van der Waals surface area (Å²) in [7, 11) is -4.75. The van der Waals surface area contributed by atoms with Gasteiger partial charge in [-0.1, -0.05) is 0 Å². The van der Waals surface area contributed by atoms with Gasteiger partial charge in [0.25, 0.3) is 0 Å². The molecule has 37 heavy (non-hydrogen) atoms. The molecule has 1 atom stereocenters. The minimum atomic E-state index is -2.66. The Kier molecular flexibility index (Phi) is 37.9. The van der Waals surface area contributed by atoms with Crippen molar-refractivity contribution in [2.24, 2.45) is 5.73 Å². The fourth-order valence-electron chi connectivity index (χ4n) is 1.98. The zero-order valence-electron chi connectivity index (χ0n) is 16.0. The van der Waals surface area contributed by atoms with Crippen LogP contribution in [0.5, 0.6) is 0 Å². The number of alkyl halides is 2. The fourth-order valence-corrected chi connectivity index (χ4v) is 3770. The molecule has 1 heterocycles. The van der Waals surface area contributed by atoms with Gasteiger partial charge >= 0.3 is 329 Å². The Morgan fingerprint density at radius 3 is 1.24 bits per heavy atom. The zero-order valence-corrected chi connectivity index (χ0v) is 67.8. The van der Waals surface area contributed by atoms with Crippen LogP contribution in [0.15, 0.2) is 6.20 Å². The number of hydrogen-bond acceptors (Lipinski definition) is 3. The molecule has 4 nitrogen and oxygen atoms in total. The van der Waals surface area contributed by atoms with E-state index in [-0.39, 0.29) is 19.3 Å². The van der Waals surface area contributed by atoms with Crippen LogP contribution in [-0.4, -0.2) is 21.3 Å². The third kappa shape index (κ3) is 19.7. The molecule has 1 saturated carbocycles. The molecule has 1 aromatic heterocycles. The summed E-state index contributed by atoms with van der Waals surface area (Å²) in [5.74, 6) is -2.66. The number of nitrogens with two attached hydrogens (primary N) is 1. The summed E-state index contributed by atoms with van der Waals surface area (Å²) in [4.78, 5) is 0. The second kappa shape index (κ2) is 27.2. The standard InChI is InChI=1S/C7H10F2N4.I24/c8-7(9)2-1-6(10,4-7)5-3-11-13-12-5;1-14(2)16(5)18(7)20(9)22(11)24(13)23(12)21(10)19(8)17(6)15(3)4/h3H,1-2,4,10H2,(H,11,12,13);. The molecule has 1 fully saturated rings. The van der Waals surface area contributed by atoms with E-state index >= 15 is 0 Å². The van der Waals surface area contributed by atoms with E-state index in [0.717, 1.165) is 0 Å². The monoisotopic (exact) mass is 3230 g/mol. The molecule has 0 aromatic carbocycles. The maximum Gasteiger partial charge on any atom is 0.250 e. The van der Waals surface area contributed by atoms with E-state index in [2.05, 4.69) is 257 Å². The van der Waals surface area contributed by atoms with E-state index in [0.29, 0.717) is 5.69 Å². The van der Waals surface area contributed by atoms with Crippen molar-refractivity contribution in [3.05, 3.63) is 11.9 Å². The van der Waals surface area contributed by atoms with Crippen LogP contribution in [0, 0.1) is 0 Å². The van der Waals surface area contributed by atoms with E-state index in [1.54, 1.807) is 0 Å². The van der Waals surface area contributed by atoms with Crippen LogP contribution >= 0.6 is 329 Å². The molecule has 1 aromatic rings. The summed E-state index contributed by atoms with van der Waals surface area (Å²) in [6, 6.07) is 0. The van der Waals surface area contributed by atoms with Crippen molar-refractivity contribution in [3.8, 4) is 0 Å². The molecule has 3 N–H and O–H groups in total. The molecule has 0 aliphatic heterocycles. The summed E-state index contributed by atoms with van der Waals surface area (Å²) in [5.41, 5.74) is 5.22. The molecular weight excluding hydrogens is 3220 g/mol. The van der Waals surface area contributed by atoms with Crippen LogP contribution in [0.1, 0.15) is 25.0 Å². The Morgan fingerprint density at radius 2 is 1.00 bits per heavy atom. The number of nitrogens with zero attached hydrogens (tertiary/aromatic N) is 2. The summed E-state index contributed by atoms with van der Waals surface area (Å²) < 4.78 is 25.8. The minimum Gasteiger partial charge on any atom is -0.320 e. The average molecular weight is 3230 g/mol. The van der Waals surface area contributed by atoms with Crippen molar-refractivity contribution >= 4 is 329 Å². The Labute approximate surface area is 382 Å². The molecule has 30 heteroatoms. The van der Waals surface area contributed by atoms with Gasteiger partial charge in [0.15, 0.2) is 0 Å². The van der Waals surface area contributed by atoms with Crippen molar-refractivity contribution in [1.29, 1.82) is 0 Å². The molecule has 1 aliphatic carbocycles.